The molecule has 0 amide bonds. The Bertz CT molecular complexity index is 1260. The van der Waals surface area contributed by atoms with Gasteiger partial charge in [-0.2, -0.15) is 0 Å². The van der Waals surface area contributed by atoms with Crippen molar-refractivity contribution in [1.29, 1.82) is 0 Å². The Labute approximate surface area is 200 Å². The van der Waals surface area contributed by atoms with Gasteiger partial charge in [-0.3, -0.25) is 14.3 Å². The lowest BCUT2D eigenvalue weighted by Gasteiger charge is -2.36. The Hall–Kier alpha value is -3.45. The zero-order chi connectivity index (χ0) is 22.9. The van der Waals surface area contributed by atoms with E-state index < -0.39 is 0 Å². The third-order valence-corrected chi connectivity index (χ3v) is 7.24. The van der Waals surface area contributed by atoms with Crippen LogP contribution in [-0.2, 0) is 6.54 Å². The van der Waals surface area contributed by atoms with Gasteiger partial charge in [-0.05, 0) is 62.2 Å². The van der Waals surface area contributed by atoms with Crippen LogP contribution in [0.4, 0.5) is 11.6 Å². The van der Waals surface area contributed by atoms with E-state index in [-0.39, 0.29) is 0 Å². The van der Waals surface area contributed by atoms with Crippen molar-refractivity contribution in [2.45, 2.75) is 32.4 Å². The van der Waals surface area contributed by atoms with E-state index >= 15 is 0 Å². The summed E-state index contributed by atoms with van der Waals surface area (Å²) < 4.78 is 2.29. The van der Waals surface area contributed by atoms with Crippen molar-refractivity contribution in [3.05, 3.63) is 84.1 Å². The average molecular weight is 454 g/mol. The molecule has 7 nitrogen and oxygen atoms in total. The van der Waals surface area contributed by atoms with Crippen LogP contribution in [0.15, 0.2) is 67.1 Å². The van der Waals surface area contributed by atoms with Crippen molar-refractivity contribution in [3.63, 3.8) is 0 Å². The van der Waals surface area contributed by atoms with Crippen LogP contribution in [0, 0.1) is 6.92 Å². The van der Waals surface area contributed by atoms with Crippen LogP contribution in [-0.4, -0.2) is 57.0 Å². The normalized spacial score (nSPS) is 19.3. The van der Waals surface area contributed by atoms with Gasteiger partial charge >= 0.3 is 0 Å². The molecule has 0 radical (unpaired) electrons. The summed E-state index contributed by atoms with van der Waals surface area (Å²) in [6.45, 7) is 8.00. The SMILES string of the molecule is Cc1cccnc1CN1CCCC1c1cn2c(N3CCN(c4ccccn4)CC3)cccc2n1. The third kappa shape index (κ3) is 4.01. The summed E-state index contributed by atoms with van der Waals surface area (Å²) >= 11 is 0. The highest BCUT2D eigenvalue weighted by Gasteiger charge is 2.29. The van der Waals surface area contributed by atoms with E-state index in [1.54, 1.807) is 0 Å². The minimum atomic E-state index is 0.343. The first kappa shape index (κ1) is 21.1. The van der Waals surface area contributed by atoms with Crippen LogP contribution in [0.5, 0.6) is 0 Å². The number of hydrogen-bond acceptors (Lipinski definition) is 6. The molecule has 4 aromatic rings. The van der Waals surface area contributed by atoms with Crippen molar-refractivity contribution in [2.24, 2.45) is 0 Å². The summed E-state index contributed by atoms with van der Waals surface area (Å²) in [4.78, 5) is 21.6. The third-order valence-electron chi connectivity index (χ3n) is 7.24. The van der Waals surface area contributed by atoms with Gasteiger partial charge in [0.15, 0.2) is 0 Å². The maximum absolute atomic E-state index is 5.08. The summed E-state index contributed by atoms with van der Waals surface area (Å²) in [5.41, 5.74) is 4.63. The van der Waals surface area contributed by atoms with Gasteiger partial charge in [0.2, 0.25) is 0 Å². The smallest absolute Gasteiger partial charge is 0.138 e. The van der Waals surface area contributed by atoms with Crippen LogP contribution in [0.1, 0.15) is 35.8 Å². The van der Waals surface area contributed by atoms with Gasteiger partial charge in [0.05, 0.1) is 17.4 Å². The van der Waals surface area contributed by atoms with E-state index in [0.717, 1.165) is 57.2 Å². The first-order valence-electron chi connectivity index (χ1n) is 12.3. The standard InChI is InChI=1S/C27H31N7/c1-21-7-5-13-28-22(21)19-33-14-6-8-24(33)23-20-34-26(30-23)10-4-11-27(34)32-17-15-31(16-18-32)25-9-2-3-12-29-25/h2-5,7,9-13,20,24H,6,8,14-19H2,1H3. The van der Waals surface area contributed by atoms with Crippen molar-refractivity contribution in [1.82, 2.24) is 24.3 Å². The molecule has 0 spiro atoms. The zero-order valence-corrected chi connectivity index (χ0v) is 19.7. The van der Waals surface area contributed by atoms with Crippen molar-refractivity contribution >= 4 is 17.3 Å². The summed E-state index contributed by atoms with van der Waals surface area (Å²) in [7, 11) is 0. The number of aromatic nitrogens is 4. The molecular weight excluding hydrogens is 422 g/mol. The fourth-order valence-electron chi connectivity index (χ4n) is 5.37. The highest BCUT2D eigenvalue weighted by molar-refractivity contribution is 5.54. The van der Waals surface area contributed by atoms with Crippen molar-refractivity contribution < 1.29 is 0 Å². The van der Waals surface area contributed by atoms with Crippen LogP contribution < -0.4 is 9.80 Å². The highest BCUT2D eigenvalue weighted by Crippen LogP contribution is 2.34. The molecule has 0 aromatic carbocycles. The van der Waals surface area contributed by atoms with Crippen LogP contribution in [0.3, 0.4) is 0 Å². The number of imidazole rings is 1. The second-order valence-corrected chi connectivity index (χ2v) is 9.34. The Kier molecular flexibility index (Phi) is 5.63. The van der Waals surface area contributed by atoms with Gasteiger partial charge in [-0.15, -0.1) is 0 Å². The molecule has 2 aliphatic rings. The molecule has 0 aliphatic carbocycles. The molecule has 1 atom stereocenters. The predicted octanol–water partition coefficient (Wildman–Crippen LogP) is 4.10. The molecule has 1 unspecified atom stereocenters. The number of pyridine rings is 3. The van der Waals surface area contributed by atoms with Gasteiger partial charge in [0, 0.05) is 51.3 Å². The summed E-state index contributed by atoms with van der Waals surface area (Å²) in [5.74, 6) is 2.29. The number of rotatable bonds is 5. The summed E-state index contributed by atoms with van der Waals surface area (Å²) in [6.07, 6.45) is 8.39. The number of piperazine rings is 1. The fraction of sp³-hybridized carbons (Fsp3) is 0.370. The van der Waals surface area contributed by atoms with Gasteiger partial charge in [0.25, 0.3) is 0 Å². The Balaban J connectivity index is 1.22. The van der Waals surface area contributed by atoms with Crippen molar-refractivity contribution in [2.75, 3.05) is 42.5 Å². The van der Waals surface area contributed by atoms with Gasteiger partial charge in [-0.25, -0.2) is 9.97 Å². The van der Waals surface area contributed by atoms with Crippen LogP contribution in [0.2, 0.25) is 0 Å². The van der Waals surface area contributed by atoms with Crippen LogP contribution in [0.25, 0.3) is 5.65 Å². The zero-order valence-electron chi connectivity index (χ0n) is 19.7. The first-order chi connectivity index (χ1) is 16.8. The van der Waals surface area contributed by atoms with E-state index in [0.29, 0.717) is 6.04 Å². The minimum Gasteiger partial charge on any atom is -0.354 e. The topological polar surface area (TPSA) is 52.8 Å². The molecule has 0 N–H and O–H groups in total. The Morgan fingerprint density at radius 2 is 1.71 bits per heavy atom. The van der Waals surface area contributed by atoms with Gasteiger partial charge in [-0.1, -0.05) is 18.2 Å². The summed E-state index contributed by atoms with van der Waals surface area (Å²) in [5, 5.41) is 0. The average Bonchev–Trinajstić information content (AvgIpc) is 3.53. The van der Waals surface area contributed by atoms with E-state index in [2.05, 4.69) is 78.6 Å². The number of hydrogen-bond donors (Lipinski definition) is 0. The Morgan fingerprint density at radius 1 is 0.853 bits per heavy atom. The second kappa shape index (κ2) is 9.06. The maximum atomic E-state index is 5.08. The van der Waals surface area contributed by atoms with E-state index in [1.807, 2.05) is 24.5 Å². The molecule has 174 valence electrons. The first-order valence-corrected chi connectivity index (χ1v) is 12.3. The molecule has 7 heteroatoms. The van der Waals surface area contributed by atoms with E-state index in [4.69, 9.17) is 4.98 Å². The molecular formula is C27H31N7. The van der Waals surface area contributed by atoms with E-state index in [9.17, 15) is 0 Å². The molecule has 6 rings (SSSR count). The largest absolute Gasteiger partial charge is 0.354 e. The fourth-order valence-corrected chi connectivity index (χ4v) is 5.37. The predicted molar refractivity (Wildman–Crippen MR) is 135 cm³/mol. The molecule has 0 saturated carbocycles. The molecule has 34 heavy (non-hydrogen) atoms. The van der Waals surface area contributed by atoms with Gasteiger partial charge < -0.3 is 9.80 Å². The molecule has 4 aromatic heterocycles. The minimum absolute atomic E-state index is 0.343. The number of fused-ring (bicyclic) bond motifs is 1. The van der Waals surface area contributed by atoms with Gasteiger partial charge in [0.1, 0.15) is 17.3 Å². The number of likely N-dealkylation sites (tertiary alicyclic amines) is 1. The monoisotopic (exact) mass is 453 g/mol. The number of anilines is 2. The lowest BCUT2D eigenvalue weighted by molar-refractivity contribution is 0.241. The lowest BCUT2D eigenvalue weighted by atomic mass is 10.1. The van der Waals surface area contributed by atoms with Crippen LogP contribution >= 0.6 is 0 Å². The quantitative estimate of drug-likeness (QED) is 0.454. The van der Waals surface area contributed by atoms with Crippen molar-refractivity contribution in [3.8, 4) is 0 Å². The van der Waals surface area contributed by atoms with E-state index in [1.165, 1.54) is 29.2 Å². The molecule has 2 fully saturated rings. The Morgan fingerprint density at radius 3 is 2.53 bits per heavy atom. The number of nitrogens with zero attached hydrogens (tertiary/aromatic N) is 7. The number of aryl methyl sites for hydroxylation is 1. The lowest BCUT2D eigenvalue weighted by Crippen LogP contribution is -2.47. The highest BCUT2D eigenvalue weighted by atomic mass is 15.3. The second-order valence-electron chi connectivity index (χ2n) is 9.34. The molecule has 2 aliphatic heterocycles. The maximum Gasteiger partial charge on any atom is 0.138 e. The molecule has 6 heterocycles. The summed E-state index contributed by atoms with van der Waals surface area (Å²) in [6, 6.07) is 17.1. The molecule has 0 bridgehead atoms. The molecule has 2 saturated heterocycles.